The molecule has 0 aliphatic carbocycles. The Morgan fingerprint density at radius 2 is 1.34 bits per heavy atom. The number of para-hydroxylation sites is 1. The fourth-order valence-electron chi connectivity index (χ4n) is 3.43. The summed E-state index contributed by atoms with van der Waals surface area (Å²) in [5.74, 6) is 3.04. The Balaban J connectivity index is 1.41. The Bertz CT molecular complexity index is 997. The molecular weight excluding hydrogens is 366 g/mol. The molecule has 148 valence electrons. The lowest BCUT2D eigenvalue weighted by Gasteiger charge is -2.17. The van der Waals surface area contributed by atoms with E-state index < -0.39 is 0 Å². The fraction of sp³-hybridized carbons (Fsp3) is 0.250. The summed E-state index contributed by atoms with van der Waals surface area (Å²) >= 11 is 0. The van der Waals surface area contributed by atoms with Crippen molar-refractivity contribution < 1.29 is 18.9 Å². The Kier molecular flexibility index (Phi) is 4.84. The lowest BCUT2D eigenvalue weighted by atomic mass is 9.96. The van der Waals surface area contributed by atoms with Gasteiger partial charge >= 0.3 is 0 Å². The van der Waals surface area contributed by atoms with E-state index in [1.165, 1.54) is 0 Å². The van der Waals surface area contributed by atoms with Crippen molar-refractivity contribution in [1.82, 2.24) is 0 Å². The maximum absolute atomic E-state index is 6.29. The summed E-state index contributed by atoms with van der Waals surface area (Å²) in [5.41, 5.74) is 9.29. The van der Waals surface area contributed by atoms with Crippen molar-refractivity contribution in [1.29, 1.82) is 0 Å². The molecule has 2 heterocycles. The van der Waals surface area contributed by atoms with E-state index in [-0.39, 0.29) is 12.2 Å². The van der Waals surface area contributed by atoms with Crippen molar-refractivity contribution in [3.8, 4) is 23.0 Å². The first kappa shape index (κ1) is 18.0. The fourth-order valence-corrected chi connectivity index (χ4v) is 3.43. The van der Waals surface area contributed by atoms with Crippen molar-refractivity contribution in [3.63, 3.8) is 0 Å². The summed E-state index contributed by atoms with van der Waals surface area (Å²) in [7, 11) is 0. The summed E-state index contributed by atoms with van der Waals surface area (Å²) in [6, 6.07) is 21.2. The van der Waals surface area contributed by atoms with E-state index in [2.05, 4.69) is 0 Å². The predicted octanol–water partition coefficient (Wildman–Crippen LogP) is 4.74. The maximum atomic E-state index is 6.29. The summed E-state index contributed by atoms with van der Waals surface area (Å²) in [4.78, 5) is 0. The largest absolute Gasteiger partial charge is 0.457 e. The van der Waals surface area contributed by atoms with Crippen LogP contribution in [0.25, 0.3) is 0 Å². The van der Waals surface area contributed by atoms with E-state index in [1.807, 2.05) is 66.7 Å². The lowest BCUT2D eigenvalue weighted by molar-refractivity contribution is 0.397. The summed E-state index contributed by atoms with van der Waals surface area (Å²) in [6.07, 6.45) is 2.10. The van der Waals surface area contributed by atoms with Crippen molar-refractivity contribution in [2.24, 2.45) is 0 Å². The molecule has 29 heavy (non-hydrogen) atoms. The number of anilines is 1. The lowest BCUT2D eigenvalue weighted by Crippen LogP contribution is -2.08. The highest BCUT2D eigenvalue weighted by atomic mass is 16.6. The highest BCUT2D eigenvalue weighted by molar-refractivity contribution is 5.58. The van der Waals surface area contributed by atoms with Crippen LogP contribution in [0.2, 0.25) is 0 Å². The summed E-state index contributed by atoms with van der Waals surface area (Å²) in [6.45, 7) is 1.58. The van der Waals surface area contributed by atoms with E-state index in [0.29, 0.717) is 0 Å². The van der Waals surface area contributed by atoms with E-state index in [0.717, 1.165) is 65.9 Å². The number of benzene rings is 3. The topological polar surface area (TPSA) is 69.5 Å². The molecule has 2 saturated heterocycles. The number of hydrogen-bond acceptors (Lipinski definition) is 5. The second kappa shape index (κ2) is 7.78. The van der Waals surface area contributed by atoms with E-state index in [1.54, 1.807) is 0 Å². The van der Waals surface area contributed by atoms with Gasteiger partial charge in [-0.3, -0.25) is 0 Å². The zero-order valence-electron chi connectivity index (χ0n) is 16.0. The minimum atomic E-state index is 0.241. The molecule has 5 heteroatoms. The minimum Gasteiger partial charge on any atom is -0.457 e. The molecule has 5 nitrogen and oxygen atoms in total. The average molecular weight is 389 g/mol. The van der Waals surface area contributed by atoms with Gasteiger partial charge in [0.2, 0.25) is 0 Å². The normalized spacial score (nSPS) is 19.6. The van der Waals surface area contributed by atoms with Crippen LogP contribution in [0, 0.1) is 0 Å². The van der Waals surface area contributed by atoms with Crippen molar-refractivity contribution in [3.05, 3.63) is 77.9 Å². The average Bonchev–Trinajstić information content (AvgIpc) is 3.64. The van der Waals surface area contributed by atoms with Gasteiger partial charge in [-0.25, -0.2) is 0 Å². The molecule has 3 aromatic carbocycles. The number of ether oxygens (including phenoxy) is 4. The first-order valence-electron chi connectivity index (χ1n) is 9.89. The monoisotopic (exact) mass is 389 g/mol. The van der Waals surface area contributed by atoms with Gasteiger partial charge in [0.1, 0.15) is 23.0 Å². The maximum Gasteiger partial charge on any atom is 0.131 e. The van der Waals surface area contributed by atoms with Crippen LogP contribution < -0.4 is 15.2 Å². The highest BCUT2D eigenvalue weighted by Gasteiger charge is 2.30. The van der Waals surface area contributed by atoms with Crippen LogP contribution in [0.15, 0.2) is 66.7 Å². The van der Waals surface area contributed by atoms with Gasteiger partial charge in [-0.1, -0.05) is 24.3 Å². The number of epoxide rings is 2. The van der Waals surface area contributed by atoms with Gasteiger partial charge in [0.25, 0.3) is 0 Å². The molecule has 0 bridgehead atoms. The van der Waals surface area contributed by atoms with E-state index >= 15 is 0 Å². The third-order valence-electron chi connectivity index (χ3n) is 5.10. The second-order valence-electron chi connectivity index (χ2n) is 7.42. The van der Waals surface area contributed by atoms with Crippen LogP contribution in [0.4, 0.5) is 5.69 Å². The molecule has 3 aromatic rings. The van der Waals surface area contributed by atoms with Gasteiger partial charge in [0, 0.05) is 30.2 Å². The first-order valence-corrected chi connectivity index (χ1v) is 9.89. The zero-order chi connectivity index (χ0) is 19.6. The quantitative estimate of drug-likeness (QED) is 0.445. The van der Waals surface area contributed by atoms with Crippen LogP contribution in [-0.4, -0.2) is 25.4 Å². The van der Waals surface area contributed by atoms with Crippen LogP contribution in [0.1, 0.15) is 11.1 Å². The number of nitrogen functional groups attached to an aromatic ring is 1. The molecule has 5 rings (SSSR count). The van der Waals surface area contributed by atoms with E-state index in [9.17, 15) is 0 Å². The van der Waals surface area contributed by atoms with Gasteiger partial charge in [0.05, 0.1) is 25.4 Å². The van der Waals surface area contributed by atoms with Crippen molar-refractivity contribution in [2.75, 3.05) is 18.9 Å². The standard InChI is InChI=1S/C24H23NO4/c25-23-9-10-24(22(13-20-15-27-20)21(23)12-19-14-26-19)29-18-8-4-7-17(11-18)28-16-5-2-1-3-6-16/h1-11,19-20H,12-15,25H2. The molecule has 2 aliphatic rings. The smallest absolute Gasteiger partial charge is 0.131 e. The van der Waals surface area contributed by atoms with Gasteiger partial charge in [-0.2, -0.15) is 0 Å². The number of rotatable bonds is 8. The molecular formula is C24H23NO4. The minimum absolute atomic E-state index is 0.241. The molecule has 2 fully saturated rings. The van der Waals surface area contributed by atoms with Gasteiger partial charge in [-0.15, -0.1) is 0 Å². The molecule has 2 N–H and O–H groups in total. The molecule has 2 atom stereocenters. The van der Waals surface area contributed by atoms with Gasteiger partial charge in [-0.05, 0) is 42.0 Å². The number of hydrogen-bond donors (Lipinski definition) is 1. The molecule has 2 aliphatic heterocycles. The van der Waals surface area contributed by atoms with Crippen LogP contribution in [0.5, 0.6) is 23.0 Å². The SMILES string of the molecule is Nc1ccc(Oc2cccc(Oc3ccccc3)c2)c(CC2CO2)c1CC1CO1. The summed E-state index contributed by atoms with van der Waals surface area (Å²) in [5, 5.41) is 0. The molecule has 0 spiro atoms. The molecule has 0 saturated carbocycles. The van der Waals surface area contributed by atoms with Crippen LogP contribution >= 0.6 is 0 Å². The third-order valence-corrected chi connectivity index (χ3v) is 5.10. The van der Waals surface area contributed by atoms with Crippen molar-refractivity contribution in [2.45, 2.75) is 25.0 Å². The second-order valence-corrected chi connectivity index (χ2v) is 7.42. The van der Waals surface area contributed by atoms with Crippen LogP contribution in [-0.2, 0) is 22.3 Å². The molecule has 2 unspecified atom stereocenters. The van der Waals surface area contributed by atoms with Crippen LogP contribution in [0.3, 0.4) is 0 Å². The van der Waals surface area contributed by atoms with Gasteiger partial charge < -0.3 is 24.7 Å². The first-order chi connectivity index (χ1) is 14.2. The third kappa shape index (κ3) is 4.53. The molecule has 0 aromatic heterocycles. The predicted molar refractivity (Wildman–Crippen MR) is 111 cm³/mol. The zero-order valence-corrected chi connectivity index (χ0v) is 16.0. The van der Waals surface area contributed by atoms with Gasteiger partial charge in [0.15, 0.2) is 0 Å². The Labute approximate surface area is 170 Å². The summed E-state index contributed by atoms with van der Waals surface area (Å²) < 4.78 is 23.1. The molecule has 0 radical (unpaired) electrons. The Morgan fingerprint density at radius 3 is 2.03 bits per heavy atom. The van der Waals surface area contributed by atoms with Crippen molar-refractivity contribution >= 4 is 5.69 Å². The highest BCUT2D eigenvalue weighted by Crippen LogP contribution is 2.37. The Morgan fingerprint density at radius 1 is 0.724 bits per heavy atom. The number of nitrogens with two attached hydrogens (primary N) is 1. The van der Waals surface area contributed by atoms with E-state index in [4.69, 9.17) is 24.7 Å². The Hall–Kier alpha value is -3.02. The molecule has 0 amide bonds.